The van der Waals surface area contributed by atoms with Crippen molar-refractivity contribution in [2.45, 2.75) is 53.7 Å². The highest BCUT2D eigenvalue weighted by Crippen LogP contribution is 2.22. The monoisotopic (exact) mass is 403 g/mol. The molecule has 7 heteroatoms. The Balaban J connectivity index is 2.03. The van der Waals surface area contributed by atoms with Gasteiger partial charge in [0.2, 0.25) is 5.91 Å². The molecule has 2 aromatic rings. The Bertz CT molecular complexity index is 822. The van der Waals surface area contributed by atoms with Gasteiger partial charge in [-0.05, 0) is 53.7 Å². The molecule has 0 saturated carbocycles. The fourth-order valence-corrected chi connectivity index (χ4v) is 3.54. The number of nitrogens with one attached hydrogen (secondary N) is 1. The molecule has 1 N–H and O–H groups in total. The summed E-state index contributed by atoms with van der Waals surface area (Å²) in [7, 11) is 0. The summed E-state index contributed by atoms with van der Waals surface area (Å²) < 4.78 is 5.76. The number of benzene rings is 1. The minimum absolute atomic E-state index is 0.0269. The van der Waals surface area contributed by atoms with Gasteiger partial charge in [0.05, 0.1) is 12.2 Å². The van der Waals surface area contributed by atoms with Gasteiger partial charge in [0, 0.05) is 12.1 Å². The number of thiazole rings is 1. The third-order valence-corrected chi connectivity index (χ3v) is 5.06. The molecule has 0 saturated heterocycles. The number of rotatable bonds is 7. The zero-order valence-corrected chi connectivity index (χ0v) is 18.3. The quantitative estimate of drug-likeness (QED) is 0.765. The summed E-state index contributed by atoms with van der Waals surface area (Å²) in [4.78, 5) is 31.6. The topological polar surface area (TPSA) is 71.5 Å². The largest absolute Gasteiger partial charge is 0.486 e. The van der Waals surface area contributed by atoms with E-state index < -0.39 is 0 Å². The van der Waals surface area contributed by atoms with Gasteiger partial charge in [-0.15, -0.1) is 11.3 Å². The molecule has 0 aliphatic rings. The first-order valence-corrected chi connectivity index (χ1v) is 10.2. The maximum Gasteiger partial charge on any atom is 0.266 e. The summed E-state index contributed by atoms with van der Waals surface area (Å²) >= 11 is 1.31. The molecule has 0 unspecified atom stereocenters. The first-order valence-electron chi connectivity index (χ1n) is 9.35. The molecule has 0 spiro atoms. The highest BCUT2D eigenvalue weighted by Gasteiger charge is 2.24. The van der Waals surface area contributed by atoms with Crippen molar-refractivity contribution in [2.24, 2.45) is 0 Å². The van der Waals surface area contributed by atoms with E-state index in [9.17, 15) is 9.59 Å². The number of ether oxygens (including phenoxy) is 1. The molecule has 0 aliphatic heterocycles. The molecule has 0 aliphatic carbocycles. The van der Waals surface area contributed by atoms with Crippen molar-refractivity contribution in [3.05, 3.63) is 45.4 Å². The predicted molar refractivity (Wildman–Crippen MR) is 112 cm³/mol. The van der Waals surface area contributed by atoms with Crippen molar-refractivity contribution in [3.8, 4) is 5.75 Å². The van der Waals surface area contributed by atoms with Crippen molar-refractivity contribution in [1.29, 1.82) is 0 Å². The molecule has 1 aromatic carbocycles. The Morgan fingerprint density at radius 1 is 1.18 bits per heavy atom. The molecule has 1 heterocycles. The van der Waals surface area contributed by atoms with Gasteiger partial charge in [-0.3, -0.25) is 9.59 Å². The molecule has 0 bridgehead atoms. The van der Waals surface area contributed by atoms with Crippen LogP contribution in [0.15, 0.2) is 24.3 Å². The molecule has 1 aromatic heterocycles. The molecule has 2 amide bonds. The van der Waals surface area contributed by atoms with Crippen molar-refractivity contribution >= 4 is 23.2 Å². The third-order valence-electron chi connectivity index (χ3n) is 3.94. The summed E-state index contributed by atoms with van der Waals surface area (Å²) in [5, 5.41) is 3.62. The van der Waals surface area contributed by atoms with Crippen LogP contribution in [0.4, 0.5) is 0 Å². The molecule has 152 valence electrons. The maximum atomic E-state index is 12.9. The number of hydrogen-bond donors (Lipinski definition) is 1. The summed E-state index contributed by atoms with van der Waals surface area (Å²) in [5.74, 6) is 0.413. The Morgan fingerprint density at radius 2 is 1.82 bits per heavy atom. The van der Waals surface area contributed by atoms with Crippen LogP contribution >= 0.6 is 11.3 Å². The normalized spacial score (nSPS) is 11.2. The van der Waals surface area contributed by atoms with Gasteiger partial charge in [-0.1, -0.05) is 17.7 Å². The van der Waals surface area contributed by atoms with Crippen LogP contribution in [-0.2, 0) is 11.4 Å². The first kappa shape index (κ1) is 21.9. The lowest BCUT2D eigenvalue weighted by Crippen LogP contribution is -2.47. The summed E-state index contributed by atoms with van der Waals surface area (Å²) in [6.45, 7) is 12.2. The van der Waals surface area contributed by atoms with Crippen LogP contribution in [0.3, 0.4) is 0 Å². The smallest absolute Gasteiger partial charge is 0.266 e. The van der Waals surface area contributed by atoms with Crippen LogP contribution in [0, 0.1) is 13.8 Å². The molecule has 2 rings (SSSR count). The van der Waals surface area contributed by atoms with Gasteiger partial charge < -0.3 is 15.0 Å². The van der Waals surface area contributed by atoms with E-state index in [1.54, 1.807) is 0 Å². The number of aromatic nitrogens is 1. The summed E-state index contributed by atoms with van der Waals surface area (Å²) in [6, 6.07) is 7.79. The lowest BCUT2D eigenvalue weighted by atomic mass is 10.1. The SMILES string of the molecule is CCN(CC(=O)NC(C)(C)C)C(=O)c1sc(COc2ccc(C)cc2)nc1C. The average Bonchev–Trinajstić information content (AvgIpc) is 2.98. The van der Waals surface area contributed by atoms with Gasteiger partial charge in [0.15, 0.2) is 0 Å². The zero-order valence-electron chi connectivity index (χ0n) is 17.5. The van der Waals surface area contributed by atoms with E-state index in [0.29, 0.717) is 23.7 Å². The highest BCUT2D eigenvalue weighted by molar-refractivity contribution is 7.13. The third kappa shape index (κ3) is 6.34. The van der Waals surface area contributed by atoms with E-state index in [-0.39, 0.29) is 23.9 Å². The van der Waals surface area contributed by atoms with E-state index in [1.807, 2.05) is 65.8 Å². The summed E-state index contributed by atoms with van der Waals surface area (Å²) in [6.07, 6.45) is 0. The Labute approximate surface area is 170 Å². The number of nitrogens with zero attached hydrogens (tertiary/aromatic N) is 2. The van der Waals surface area contributed by atoms with Gasteiger partial charge in [0.1, 0.15) is 22.2 Å². The first-order chi connectivity index (χ1) is 13.1. The van der Waals surface area contributed by atoms with Gasteiger partial charge in [0.25, 0.3) is 5.91 Å². The van der Waals surface area contributed by atoms with Crippen molar-refractivity contribution in [3.63, 3.8) is 0 Å². The lowest BCUT2D eigenvalue weighted by Gasteiger charge is -2.24. The maximum absolute atomic E-state index is 12.9. The highest BCUT2D eigenvalue weighted by atomic mass is 32.1. The number of aryl methyl sites for hydroxylation is 2. The fourth-order valence-electron chi connectivity index (χ4n) is 2.59. The molecular weight excluding hydrogens is 374 g/mol. The molecular formula is C21H29N3O3S. The van der Waals surface area contributed by atoms with Gasteiger partial charge in [-0.25, -0.2) is 4.98 Å². The number of likely N-dealkylation sites (N-methyl/N-ethyl adjacent to an activating group) is 1. The van der Waals surface area contributed by atoms with E-state index in [0.717, 1.165) is 10.8 Å². The second kappa shape index (κ2) is 9.19. The average molecular weight is 404 g/mol. The van der Waals surface area contributed by atoms with Crippen LogP contribution < -0.4 is 10.1 Å². The standard InChI is InChI=1S/C21H29N3O3S/c1-7-24(12-17(25)23-21(4,5)6)20(26)19-15(3)22-18(28-19)13-27-16-10-8-14(2)9-11-16/h8-11H,7,12-13H2,1-6H3,(H,23,25). The fraction of sp³-hybridized carbons (Fsp3) is 0.476. The number of carbonyl (C=O) groups is 2. The number of amides is 2. The van der Waals surface area contributed by atoms with Crippen LogP contribution in [-0.4, -0.2) is 40.3 Å². The van der Waals surface area contributed by atoms with Crippen molar-refractivity contribution < 1.29 is 14.3 Å². The number of hydrogen-bond acceptors (Lipinski definition) is 5. The minimum Gasteiger partial charge on any atom is -0.486 e. The number of carbonyl (C=O) groups excluding carboxylic acids is 2. The predicted octanol–water partition coefficient (Wildman–Crippen LogP) is 3.72. The molecule has 0 fully saturated rings. The van der Waals surface area contributed by atoms with Gasteiger partial charge >= 0.3 is 0 Å². The van der Waals surface area contributed by atoms with Crippen LogP contribution in [0.2, 0.25) is 0 Å². The van der Waals surface area contributed by atoms with Crippen LogP contribution in [0.1, 0.15) is 53.6 Å². The van der Waals surface area contributed by atoms with Crippen LogP contribution in [0.5, 0.6) is 5.75 Å². The van der Waals surface area contributed by atoms with E-state index in [2.05, 4.69) is 10.3 Å². The Hall–Kier alpha value is -2.41. The zero-order chi connectivity index (χ0) is 20.9. The van der Waals surface area contributed by atoms with Crippen molar-refractivity contribution in [1.82, 2.24) is 15.2 Å². The van der Waals surface area contributed by atoms with Crippen molar-refractivity contribution in [2.75, 3.05) is 13.1 Å². The Kier molecular flexibility index (Phi) is 7.18. The second-order valence-electron chi connectivity index (χ2n) is 7.74. The van der Waals surface area contributed by atoms with E-state index in [1.165, 1.54) is 21.8 Å². The minimum atomic E-state index is -0.333. The van der Waals surface area contributed by atoms with E-state index >= 15 is 0 Å². The molecule has 6 nitrogen and oxygen atoms in total. The van der Waals surface area contributed by atoms with E-state index in [4.69, 9.17) is 4.74 Å². The molecule has 28 heavy (non-hydrogen) atoms. The summed E-state index contributed by atoms with van der Waals surface area (Å²) in [5.41, 5.74) is 1.49. The Morgan fingerprint density at radius 3 is 2.39 bits per heavy atom. The van der Waals surface area contributed by atoms with Gasteiger partial charge in [-0.2, -0.15) is 0 Å². The van der Waals surface area contributed by atoms with Crippen LogP contribution in [0.25, 0.3) is 0 Å². The molecule has 0 atom stereocenters. The lowest BCUT2D eigenvalue weighted by molar-refractivity contribution is -0.123. The second-order valence-corrected chi connectivity index (χ2v) is 8.82. The molecule has 0 radical (unpaired) electrons.